The maximum absolute atomic E-state index is 4.49. The molecule has 0 bridgehead atoms. The fourth-order valence-corrected chi connectivity index (χ4v) is 2.30. The predicted molar refractivity (Wildman–Crippen MR) is 77.5 cm³/mol. The van der Waals surface area contributed by atoms with Crippen LogP contribution in [0, 0.1) is 0 Å². The van der Waals surface area contributed by atoms with E-state index in [-0.39, 0.29) is 13.8 Å². The van der Waals surface area contributed by atoms with Crippen molar-refractivity contribution in [1.29, 1.82) is 0 Å². The zero-order chi connectivity index (χ0) is 12.9. The van der Waals surface area contributed by atoms with E-state index in [2.05, 4.69) is 44.5 Å². The Labute approximate surface area is 127 Å². The van der Waals surface area contributed by atoms with Gasteiger partial charge in [-0.2, -0.15) is 0 Å². The smallest absolute Gasteiger partial charge is 1.00 e. The molecule has 4 nitrogen and oxygen atoms in total. The molecule has 106 valence electrons. The first-order valence-corrected chi connectivity index (χ1v) is 6.72. The highest BCUT2D eigenvalue weighted by Gasteiger charge is 2.12. The predicted octanol–water partition coefficient (Wildman–Crippen LogP) is -1.41. The Morgan fingerprint density at radius 2 is 1.65 bits per heavy atom. The van der Waals surface area contributed by atoms with E-state index in [1.807, 2.05) is 18.5 Å². The summed E-state index contributed by atoms with van der Waals surface area (Å²) in [5.74, 6) is 0.846. The Bertz CT molecular complexity index is 515. The first-order valence-electron chi connectivity index (χ1n) is 6.72. The quantitative estimate of drug-likeness (QED) is 0.754. The van der Waals surface area contributed by atoms with Crippen molar-refractivity contribution < 1.29 is 13.8 Å². The van der Waals surface area contributed by atoms with Crippen LogP contribution in [0.5, 0.6) is 0 Å². The van der Waals surface area contributed by atoms with E-state index >= 15 is 0 Å². The molecular weight excluding hydrogens is 272 g/mol. The van der Waals surface area contributed by atoms with Crippen LogP contribution in [-0.4, -0.2) is 36.1 Å². The van der Waals surface area contributed by atoms with Crippen molar-refractivity contribution in [3.8, 4) is 0 Å². The van der Waals surface area contributed by atoms with Gasteiger partial charge in [0.05, 0.1) is 0 Å². The molecule has 0 amide bonds. The van der Waals surface area contributed by atoms with Crippen LogP contribution in [0.2, 0.25) is 0 Å². The molecule has 1 aromatic heterocycles. The molecule has 1 saturated heterocycles. The minimum absolute atomic E-state index is 0. The zero-order valence-electron chi connectivity index (χ0n) is 12.3. The van der Waals surface area contributed by atoms with Crippen molar-refractivity contribution >= 4 is 5.95 Å². The van der Waals surface area contributed by atoms with Crippen molar-refractivity contribution in [2.45, 2.75) is 6.42 Å². The van der Waals surface area contributed by atoms with E-state index in [0.717, 1.165) is 44.1 Å². The van der Waals surface area contributed by atoms with Gasteiger partial charge in [0.25, 0.3) is 0 Å². The molecule has 5 heteroatoms. The van der Waals surface area contributed by atoms with Gasteiger partial charge < -0.3 is 22.6 Å². The summed E-state index contributed by atoms with van der Waals surface area (Å²) < 4.78 is 0. The molecule has 1 aliphatic rings. The Balaban J connectivity index is 0.00000110. The van der Waals surface area contributed by atoms with Gasteiger partial charge in [-0.1, -0.05) is 30.3 Å². The zero-order valence-corrected chi connectivity index (χ0v) is 12.1. The van der Waals surface area contributed by atoms with Crippen LogP contribution in [0.1, 0.15) is 12.6 Å². The summed E-state index contributed by atoms with van der Waals surface area (Å²) in [6, 6.07) is 10.4. The molecule has 3 rings (SSSR count). The molecule has 1 N–H and O–H groups in total. The second kappa shape index (κ2) is 7.22. The highest BCUT2D eigenvalue weighted by atomic mass is 35.5. The summed E-state index contributed by atoms with van der Waals surface area (Å²) in [6.45, 7) is 3.99. The summed E-state index contributed by atoms with van der Waals surface area (Å²) >= 11 is 0. The first kappa shape index (κ1) is 14.8. The Morgan fingerprint density at radius 3 is 2.30 bits per heavy atom. The third kappa shape index (κ3) is 3.68. The second-order valence-corrected chi connectivity index (χ2v) is 4.79. The number of piperazine rings is 1. The Hall–Kier alpha value is -1.65. The van der Waals surface area contributed by atoms with Gasteiger partial charge in [0.2, 0.25) is 5.95 Å². The van der Waals surface area contributed by atoms with E-state index in [1.165, 1.54) is 5.56 Å². The lowest BCUT2D eigenvalue weighted by Gasteiger charge is -2.27. The number of hydrogen-bond donors (Lipinski definition) is 1. The monoisotopic (exact) mass is 290 g/mol. The molecule has 0 atom stereocenters. The van der Waals surface area contributed by atoms with Crippen LogP contribution in [0.25, 0.3) is 0 Å². The van der Waals surface area contributed by atoms with E-state index in [4.69, 9.17) is 0 Å². The maximum atomic E-state index is 4.49. The van der Waals surface area contributed by atoms with Crippen LogP contribution >= 0.6 is 0 Å². The van der Waals surface area contributed by atoms with Crippen LogP contribution in [0.4, 0.5) is 5.95 Å². The molecule has 0 aliphatic carbocycles. The average molecular weight is 291 g/mol. The molecule has 1 fully saturated rings. The highest BCUT2D eigenvalue weighted by molar-refractivity contribution is 5.32. The third-order valence-electron chi connectivity index (χ3n) is 3.34. The molecule has 1 aliphatic heterocycles. The van der Waals surface area contributed by atoms with Gasteiger partial charge in [-0.15, -0.1) is 0 Å². The second-order valence-electron chi connectivity index (χ2n) is 4.79. The standard InChI is InChI=1S/C15H18N4.ClH/c1-2-4-13(5-3-1)10-14-11-17-15(18-12-14)19-8-6-16-7-9-19;/h1-5,11-12,16H,6-10H2;1H. The minimum Gasteiger partial charge on any atom is -1.00 e. The highest BCUT2D eigenvalue weighted by Crippen LogP contribution is 2.11. The van der Waals surface area contributed by atoms with E-state index in [1.54, 1.807) is 0 Å². The number of nitrogens with one attached hydrogen (secondary N) is 1. The van der Waals surface area contributed by atoms with Gasteiger partial charge in [-0.25, -0.2) is 9.97 Å². The fourth-order valence-electron chi connectivity index (χ4n) is 2.30. The van der Waals surface area contributed by atoms with Gasteiger partial charge in [-0.3, -0.25) is 0 Å². The molecule has 0 spiro atoms. The van der Waals surface area contributed by atoms with Gasteiger partial charge in [0, 0.05) is 45.0 Å². The normalized spacial score (nSPS) is 14.7. The molecule has 20 heavy (non-hydrogen) atoms. The summed E-state index contributed by atoms with van der Waals surface area (Å²) in [5, 5.41) is 3.33. The lowest BCUT2D eigenvalue weighted by Crippen LogP contribution is -3.00. The van der Waals surface area contributed by atoms with Crippen LogP contribution in [0.3, 0.4) is 0 Å². The minimum atomic E-state index is 0. The van der Waals surface area contributed by atoms with E-state index in [9.17, 15) is 0 Å². The summed E-state index contributed by atoms with van der Waals surface area (Å²) in [5.41, 5.74) is 2.45. The van der Waals surface area contributed by atoms with Crippen LogP contribution < -0.4 is 22.6 Å². The molecule has 0 unspecified atom stereocenters. The van der Waals surface area contributed by atoms with Crippen molar-refractivity contribution in [1.82, 2.24) is 15.3 Å². The van der Waals surface area contributed by atoms with Gasteiger partial charge in [0.1, 0.15) is 0 Å². The average Bonchev–Trinajstić information content (AvgIpc) is 2.50. The van der Waals surface area contributed by atoms with Crippen molar-refractivity contribution in [2.75, 3.05) is 31.1 Å². The number of nitrogens with zero attached hydrogens (tertiary/aromatic N) is 3. The number of aromatic nitrogens is 2. The van der Waals surface area contributed by atoms with Crippen molar-refractivity contribution in [3.05, 3.63) is 53.9 Å². The summed E-state index contributed by atoms with van der Waals surface area (Å²) in [7, 11) is 0. The van der Waals surface area contributed by atoms with Crippen LogP contribution in [0.15, 0.2) is 42.7 Å². The number of halogens is 1. The maximum Gasteiger partial charge on any atom is 1.00 e. The Kier molecular flexibility index (Phi) is 5.32. The van der Waals surface area contributed by atoms with Gasteiger partial charge in [-0.05, 0) is 11.1 Å². The van der Waals surface area contributed by atoms with Gasteiger partial charge in [0.15, 0.2) is 0 Å². The summed E-state index contributed by atoms with van der Waals surface area (Å²) in [6.07, 6.45) is 4.78. The van der Waals surface area contributed by atoms with Crippen molar-refractivity contribution in [3.63, 3.8) is 0 Å². The number of anilines is 1. The molecule has 1 aromatic carbocycles. The first-order chi connectivity index (χ1) is 9.42. The van der Waals surface area contributed by atoms with E-state index in [0.29, 0.717) is 0 Å². The van der Waals surface area contributed by atoms with Crippen LogP contribution in [-0.2, 0) is 6.42 Å². The topological polar surface area (TPSA) is 41.1 Å². The van der Waals surface area contributed by atoms with E-state index < -0.39 is 0 Å². The molecule has 0 radical (unpaired) electrons. The SMILES string of the molecule is [Cl-].[H+].c1ccc(Cc2cnc(N3CCNCC3)nc2)cc1. The Morgan fingerprint density at radius 1 is 1.00 bits per heavy atom. The molecular formula is C15H19ClN4. The van der Waals surface area contributed by atoms with Crippen molar-refractivity contribution in [2.24, 2.45) is 0 Å². The lowest BCUT2D eigenvalue weighted by molar-refractivity contribution is -0.00000400. The third-order valence-corrected chi connectivity index (χ3v) is 3.34. The number of hydrogen-bond acceptors (Lipinski definition) is 4. The number of rotatable bonds is 3. The number of benzene rings is 1. The molecule has 2 heterocycles. The molecule has 0 saturated carbocycles. The largest absolute Gasteiger partial charge is 1.00 e. The fraction of sp³-hybridized carbons (Fsp3) is 0.333. The molecule has 2 aromatic rings. The van der Waals surface area contributed by atoms with Gasteiger partial charge >= 0.3 is 1.43 Å². The lowest BCUT2D eigenvalue weighted by atomic mass is 10.1. The summed E-state index contributed by atoms with van der Waals surface area (Å²) in [4.78, 5) is 11.2.